The Morgan fingerprint density at radius 2 is 1.83 bits per heavy atom. The fourth-order valence-electron chi connectivity index (χ4n) is 3.02. The van der Waals surface area contributed by atoms with Crippen molar-refractivity contribution in [3.63, 3.8) is 0 Å². The van der Waals surface area contributed by atoms with Gasteiger partial charge in [-0.3, -0.25) is 5.43 Å². The topological polar surface area (TPSA) is 42.8 Å². The van der Waals surface area contributed by atoms with Crippen molar-refractivity contribution < 1.29 is 9.47 Å². The minimum absolute atomic E-state index is 0.0397. The summed E-state index contributed by atoms with van der Waals surface area (Å²) in [7, 11) is 0. The smallest absolute Gasteiger partial charge is 0.180 e. The third kappa shape index (κ3) is 5.04. The standard InChI is InChI=1S/C23H20ClIN2O2S/c1-2-28-20-13-17(23-27-26-22(30-23)16-6-4-3-5-7-16)12-19(24)21(20)29-14-15-8-10-18(25)11-9-15/h3-13,23,27H,2,14H2,1H3/t23-/m0/s1. The van der Waals surface area contributed by atoms with Gasteiger partial charge in [0, 0.05) is 9.13 Å². The molecule has 30 heavy (non-hydrogen) atoms. The van der Waals surface area contributed by atoms with Crippen molar-refractivity contribution in [3.05, 3.63) is 92.0 Å². The first-order valence-corrected chi connectivity index (χ1v) is 11.9. The summed E-state index contributed by atoms with van der Waals surface area (Å²) in [6.07, 6.45) is 0. The third-order valence-electron chi connectivity index (χ3n) is 4.46. The summed E-state index contributed by atoms with van der Waals surface area (Å²) in [4.78, 5) is 0. The average Bonchev–Trinajstić information content (AvgIpc) is 3.25. The number of rotatable bonds is 7. The minimum atomic E-state index is -0.0397. The van der Waals surface area contributed by atoms with E-state index < -0.39 is 0 Å². The number of nitrogens with zero attached hydrogens (tertiary/aromatic N) is 1. The van der Waals surface area contributed by atoms with E-state index in [9.17, 15) is 0 Å². The molecule has 1 atom stereocenters. The van der Waals surface area contributed by atoms with Crippen LogP contribution < -0.4 is 14.9 Å². The second-order valence-corrected chi connectivity index (χ2v) is 9.33. The van der Waals surface area contributed by atoms with Crippen molar-refractivity contribution in [1.29, 1.82) is 0 Å². The van der Waals surface area contributed by atoms with Gasteiger partial charge in [-0.2, -0.15) is 5.10 Å². The highest BCUT2D eigenvalue weighted by Crippen LogP contribution is 2.42. The van der Waals surface area contributed by atoms with Crippen molar-refractivity contribution in [1.82, 2.24) is 5.43 Å². The Balaban J connectivity index is 1.52. The second kappa shape index (κ2) is 9.94. The maximum Gasteiger partial charge on any atom is 0.180 e. The first-order valence-electron chi connectivity index (χ1n) is 9.53. The molecule has 0 fully saturated rings. The van der Waals surface area contributed by atoms with E-state index in [1.165, 1.54) is 3.57 Å². The molecule has 0 spiro atoms. The first kappa shape index (κ1) is 21.3. The lowest BCUT2D eigenvalue weighted by Crippen LogP contribution is -2.08. The molecule has 3 aromatic rings. The second-order valence-electron chi connectivity index (χ2n) is 6.59. The molecule has 7 heteroatoms. The quantitative estimate of drug-likeness (QED) is 0.336. The van der Waals surface area contributed by atoms with Crippen molar-refractivity contribution in [2.75, 3.05) is 6.61 Å². The van der Waals surface area contributed by atoms with E-state index >= 15 is 0 Å². The number of halogens is 2. The van der Waals surface area contributed by atoms with Crippen LogP contribution >= 0.6 is 46.0 Å². The molecular weight excluding hydrogens is 531 g/mol. The Hall–Kier alpha value is -1.90. The van der Waals surface area contributed by atoms with E-state index in [1.54, 1.807) is 11.8 Å². The van der Waals surface area contributed by atoms with Crippen LogP contribution in [-0.4, -0.2) is 11.7 Å². The SMILES string of the molecule is CCOc1cc([C@H]2NN=C(c3ccccc3)S2)cc(Cl)c1OCc1ccc(I)cc1. The van der Waals surface area contributed by atoms with E-state index in [1.807, 2.05) is 49.4 Å². The van der Waals surface area contributed by atoms with Gasteiger partial charge in [0.25, 0.3) is 0 Å². The zero-order valence-electron chi connectivity index (χ0n) is 16.3. The molecule has 0 saturated heterocycles. The zero-order chi connectivity index (χ0) is 20.9. The summed E-state index contributed by atoms with van der Waals surface area (Å²) in [5, 5.41) is 5.93. The van der Waals surface area contributed by atoms with Crippen LogP contribution in [0.15, 0.2) is 71.8 Å². The number of hydrogen-bond acceptors (Lipinski definition) is 5. The molecular formula is C23H20ClIN2O2S. The summed E-state index contributed by atoms with van der Waals surface area (Å²) < 4.78 is 13.1. The van der Waals surface area contributed by atoms with Gasteiger partial charge in [0.1, 0.15) is 17.0 Å². The molecule has 4 rings (SSSR count). The van der Waals surface area contributed by atoms with Gasteiger partial charge in [-0.05, 0) is 64.9 Å². The first-order chi connectivity index (χ1) is 14.6. The van der Waals surface area contributed by atoms with Gasteiger partial charge < -0.3 is 9.47 Å². The number of ether oxygens (including phenoxy) is 2. The van der Waals surface area contributed by atoms with E-state index in [-0.39, 0.29) is 5.37 Å². The van der Waals surface area contributed by atoms with Gasteiger partial charge in [0.2, 0.25) is 0 Å². The summed E-state index contributed by atoms with van der Waals surface area (Å²) >= 11 is 10.6. The lowest BCUT2D eigenvalue weighted by atomic mass is 10.2. The molecule has 154 valence electrons. The molecule has 1 aliphatic heterocycles. The third-order valence-corrected chi connectivity index (χ3v) is 6.63. The number of benzene rings is 3. The Morgan fingerprint density at radius 1 is 1.07 bits per heavy atom. The van der Waals surface area contributed by atoms with Crippen LogP contribution in [-0.2, 0) is 6.61 Å². The van der Waals surface area contributed by atoms with Crippen LogP contribution in [0.4, 0.5) is 0 Å². The largest absolute Gasteiger partial charge is 0.490 e. The van der Waals surface area contributed by atoms with Gasteiger partial charge in [-0.25, -0.2) is 0 Å². The minimum Gasteiger partial charge on any atom is -0.490 e. The van der Waals surface area contributed by atoms with E-state index in [0.29, 0.717) is 29.7 Å². The number of hydrazone groups is 1. The van der Waals surface area contributed by atoms with E-state index in [0.717, 1.165) is 21.7 Å². The molecule has 1 N–H and O–H groups in total. The molecule has 0 bridgehead atoms. The van der Waals surface area contributed by atoms with Crippen molar-refractivity contribution in [2.45, 2.75) is 18.9 Å². The lowest BCUT2D eigenvalue weighted by Gasteiger charge is -2.17. The molecule has 0 saturated carbocycles. The van der Waals surface area contributed by atoms with Crippen LogP contribution in [0.1, 0.15) is 29.0 Å². The molecule has 0 amide bonds. The predicted molar refractivity (Wildman–Crippen MR) is 133 cm³/mol. The zero-order valence-corrected chi connectivity index (χ0v) is 20.0. The number of thioether (sulfide) groups is 1. The normalized spacial score (nSPS) is 15.4. The molecule has 3 aromatic carbocycles. The molecule has 1 heterocycles. The highest BCUT2D eigenvalue weighted by Gasteiger charge is 2.25. The number of hydrogen-bond donors (Lipinski definition) is 1. The molecule has 0 aliphatic carbocycles. The Labute approximate surface area is 199 Å². The van der Waals surface area contributed by atoms with Gasteiger partial charge >= 0.3 is 0 Å². The predicted octanol–water partition coefficient (Wildman–Crippen LogP) is 6.62. The van der Waals surface area contributed by atoms with Crippen molar-refractivity contribution in [3.8, 4) is 11.5 Å². The maximum absolute atomic E-state index is 6.61. The Bertz CT molecular complexity index is 1050. The van der Waals surface area contributed by atoms with Gasteiger partial charge in [0.05, 0.1) is 11.6 Å². The molecule has 1 aliphatic rings. The van der Waals surface area contributed by atoms with Crippen LogP contribution in [0.5, 0.6) is 11.5 Å². The highest BCUT2D eigenvalue weighted by molar-refractivity contribution is 14.1. The summed E-state index contributed by atoms with van der Waals surface area (Å²) in [6, 6.07) is 22.2. The molecule has 0 unspecified atom stereocenters. The van der Waals surface area contributed by atoms with Crippen LogP contribution in [0.25, 0.3) is 0 Å². The summed E-state index contributed by atoms with van der Waals surface area (Å²) in [6.45, 7) is 2.90. The van der Waals surface area contributed by atoms with Crippen molar-refractivity contribution >= 4 is 51.0 Å². The molecule has 0 radical (unpaired) electrons. The Kier molecular flexibility index (Phi) is 7.07. The van der Waals surface area contributed by atoms with E-state index in [4.69, 9.17) is 21.1 Å². The maximum atomic E-state index is 6.61. The van der Waals surface area contributed by atoms with Gasteiger partial charge in [0.15, 0.2) is 11.5 Å². The molecule has 0 aromatic heterocycles. The van der Waals surface area contributed by atoms with Crippen LogP contribution in [0.3, 0.4) is 0 Å². The van der Waals surface area contributed by atoms with Crippen molar-refractivity contribution in [2.24, 2.45) is 5.10 Å². The average molecular weight is 551 g/mol. The van der Waals surface area contributed by atoms with Crippen LogP contribution in [0.2, 0.25) is 5.02 Å². The molecule has 4 nitrogen and oxygen atoms in total. The summed E-state index contributed by atoms with van der Waals surface area (Å²) in [5.74, 6) is 1.20. The van der Waals surface area contributed by atoms with Crippen LogP contribution in [0, 0.1) is 3.57 Å². The van der Waals surface area contributed by atoms with E-state index in [2.05, 4.69) is 57.4 Å². The highest BCUT2D eigenvalue weighted by atomic mass is 127. The van der Waals surface area contributed by atoms with Gasteiger partial charge in [-0.1, -0.05) is 65.8 Å². The Morgan fingerprint density at radius 3 is 2.57 bits per heavy atom. The summed E-state index contributed by atoms with van der Waals surface area (Å²) in [5.41, 5.74) is 6.35. The monoisotopic (exact) mass is 550 g/mol. The fourth-order valence-corrected chi connectivity index (χ4v) is 4.63. The lowest BCUT2D eigenvalue weighted by molar-refractivity contribution is 0.269. The van der Waals surface area contributed by atoms with Gasteiger partial charge in [-0.15, -0.1) is 0 Å². The number of nitrogens with one attached hydrogen (secondary N) is 1. The fraction of sp³-hybridized carbons (Fsp3) is 0.174.